The first-order valence-corrected chi connectivity index (χ1v) is 8.21. The number of nitrogens with one attached hydrogen (secondary N) is 1. The van der Waals surface area contributed by atoms with Gasteiger partial charge in [0.15, 0.2) is 5.82 Å². The van der Waals surface area contributed by atoms with Crippen LogP contribution in [0.2, 0.25) is 0 Å². The van der Waals surface area contributed by atoms with E-state index >= 15 is 0 Å². The minimum Gasteiger partial charge on any atom is -0.354 e. The van der Waals surface area contributed by atoms with Crippen LogP contribution >= 0.6 is 0 Å². The summed E-state index contributed by atoms with van der Waals surface area (Å²) >= 11 is 0. The van der Waals surface area contributed by atoms with E-state index in [2.05, 4.69) is 15.4 Å². The van der Waals surface area contributed by atoms with Crippen molar-refractivity contribution >= 4 is 11.7 Å². The molecule has 3 heterocycles. The van der Waals surface area contributed by atoms with Gasteiger partial charge in [-0.1, -0.05) is 0 Å². The van der Waals surface area contributed by atoms with Crippen LogP contribution in [-0.2, 0) is 6.54 Å². The average Bonchev–Trinajstić information content (AvgIpc) is 3.11. The molecule has 1 N–H and O–H groups in total. The number of aryl methyl sites for hydroxylation is 1. The second-order valence-corrected chi connectivity index (χ2v) is 5.84. The van der Waals surface area contributed by atoms with Crippen molar-refractivity contribution in [1.29, 1.82) is 0 Å². The first kappa shape index (κ1) is 16.2. The van der Waals surface area contributed by atoms with Gasteiger partial charge < -0.3 is 14.8 Å². The molecule has 128 valence electrons. The molecule has 0 spiro atoms. The number of hydrogen-bond acceptors (Lipinski definition) is 5. The second-order valence-electron chi connectivity index (χ2n) is 5.84. The lowest BCUT2D eigenvalue weighted by molar-refractivity contribution is 0.0957. The molecule has 1 amide bonds. The summed E-state index contributed by atoms with van der Waals surface area (Å²) in [5.74, 6) is 0.291. The van der Waals surface area contributed by atoms with Gasteiger partial charge in [0, 0.05) is 45.3 Å². The Hall–Kier alpha value is -2.64. The zero-order chi connectivity index (χ0) is 17.1. The first-order valence-electron chi connectivity index (χ1n) is 8.21. The molecule has 24 heavy (non-hydrogen) atoms. The van der Waals surface area contributed by atoms with Crippen LogP contribution in [0, 0.1) is 0 Å². The first-order chi connectivity index (χ1) is 11.6. The molecular formula is C16H22N6O2. The number of carbonyl (C=O) groups is 1. The standard InChI is InChI=1S/C16H22N6O2/c1-3-20-10-7-18-14(16(20)24)21-8-4-5-12(11-21)22-9-6-13(19-22)15(23)17-2/h6-7,9-10,12H,3-5,8,11H2,1-2H3,(H,17,23)/t12-/m1/s1. The van der Waals surface area contributed by atoms with Crippen LogP contribution in [0.25, 0.3) is 0 Å². The fourth-order valence-electron chi connectivity index (χ4n) is 3.06. The van der Waals surface area contributed by atoms with Gasteiger partial charge in [-0.05, 0) is 25.8 Å². The minimum absolute atomic E-state index is 0.0628. The van der Waals surface area contributed by atoms with E-state index in [0.717, 1.165) is 19.4 Å². The van der Waals surface area contributed by atoms with Crippen molar-refractivity contribution in [2.45, 2.75) is 32.4 Å². The third kappa shape index (κ3) is 3.04. The van der Waals surface area contributed by atoms with Gasteiger partial charge in [0.25, 0.3) is 11.5 Å². The topological polar surface area (TPSA) is 85.1 Å². The summed E-state index contributed by atoms with van der Waals surface area (Å²) in [6.45, 7) is 4.02. The highest BCUT2D eigenvalue weighted by atomic mass is 16.2. The highest BCUT2D eigenvalue weighted by Gasteiger charge is 2.25. The molecule has 1 fully saturated rings. The second kappa shape index (κ2) is 6.86. The fourth-order valence-corrected chi connectivity index (χ4v) is 3.06. The molecule has 1 atom stereocenters. The molecule has 2 aromatic heterocycles. The lowest BCUT2D eigenvalue weighted by atomic mass is 10.1. The van der Waals surface area contributed by atoms with Crippen LogP contribution in [0.5, 0.6) is 0 Å². The summed E-state index contributed by atoms with van der Waals surface area (Å²) in [6, 6.07) is 1.83. The Bertz CT molecular complexity index is 781. The van der Waals surface area contributed by atoms with Crippen LogP contribution in [0.1, 0.15) is 36.3 Å². The van der Waals surface area contributed by atoms with E-state index in [1.807, 2.05) is 22.7 Å². The van der Waals surface area contributed by atoms with Crippen molar-refractivity contribution in [2.75, 3.05) is 25.0 Å². The molecule has 8 nitrogen and oxygen atoms in total. The Kier molecular flexibility index (Phi) is 4.64. The number of nitrogens with zero attached hydrogens (tertiary/aromatic N) is 5. The van der Waals surface area contributed by atoms with Crippen molar-refractivity contribution in [3.63, 3.8) is 0 Å². The number of amides is 1. The van der Waals surface area contributed by atoms with Crippen molar-refractivity contribution < 1.29 is 4.79 Å². The number of rotatable bonds is 4. The van der Waals surface area contributed by atoms with E-state index in [-0.39, 0.29) is 17.5 Å². The number of anilines is 1. The summed E-state index contributed by atoms with van der Waals surface area (Å²) in [4.78, 5) is 30.4. The number of aromatic nitrogens is 4. The van der Waals surface area contributed by atoms with Crippen molar-refractivity contribution in [1.82, 2.24) is 24.6 Å². The number of hydrogen-bond donors (Lipinski definition) is 1. The summed E-state index contributed by atoms with van der Waals surface area (Å²) in [5, 5.41) is 6.94. The number of carbonyl (C=O) groups excluding carboxylic acids is 1. The summed E-state index contributed by atoms with van der Waals surface area (Å²) in [5.41, 5.74) is 0.341. The molecule has 0 bridgehead atoms. The molecule has 8 heteroatoms. The quantitative estimate of drug-likeness (QED) is 0.890. The van der Waals surface area contributed by atoms with E-state index < -0.39 is 0 Å². The minimum atomic E-state index is -0.197. The third-order valence-electron chi connectivity index (χ3n) is 4.37. The van der Waals surface area contributed by atoms with E-state index in [1.54, 1.807) is 30.1 Å². The fraction of sp³-hybridized carbons (Fsp3) is 0.500. The van der Waals surface area contributed by atoms with Gasteiger partial charge in [-0.25, -0.2) is 4.98 Å². The van der Waals surface area contributed by atoms with Crippen LogP contribution in [0.4, 0.5) is 5.82 Å². The summed E-state index contributed by atoms with van der Waals surface area (Å²) in [6.07, 6.45) is 7.10. The van der Waals surface area contributed by atoms with Crippen molar-refractivity contribution in [3.05, 3.63) is 40.7 Å². The van der Waals surface area contributed by atoms with Gasteiger partial charge in [0.1, 0.15) is 5.69 Å². The van der Waals surface area contributed by atoms with Gasteiger partial charge in [-0.3, -0.25) is 14.3 Å². The highest BCUT2D eigenvalue weighted by molar-refractivity contribution is 5.91. The molecule has 0 unspecified atom stereocenters. The van der Waals surface area contributed by atoms with Gasteiger partial charge in [-0.15, -0.1) is 0 Å². The summed E-state index contributed by atoms with van der Waals surface area (Å²) < 4.78 is 3.47. The predicted octanol–water partition coefficient (Wildman–Crippen LogP) is 0.661. The van der Waals surface area contributed by atoms with Gasteiger partial charge in [0.05, 0.1) is 6.04 Å². The normalized spacial score (nSPS) is 17.8. The van der Waals surface area contributed by atoms with Crippen molar-refractivity contribution in [2.24, 2.45) is 0 Å². The molecule has 1 aliphatic rings. The average molecular weight is 330 g/mol. The highest BCUT2D eigenvalue weighted by Crippen LogP contribution is 2.23. The van der Waals surface area contributed by atoms with Crippen LogP contribution in [-0.4, -0.2) is 45.4 Å². The lowest BCUT2D eigenvalue weighted by Crippen LogP contribution is -2.41. The van der Waals surface area contributed by atoms with E-state index in [0.29, 0.717) is 24.6 Å². The zero-order valence-electron chi connectivity index (χ0n) is 14.0. The molecule has 0 aromatic carbocycles. The Morgan fingerprint density at radius 2 is 2.25 bits per heavy atom. The van der Waals surface area contributed by atoms with Crippen LogP contribution in [0.3, 0.4) is 0 Å². The van der Waals surface area contributed by atoms with E-state index in [9.17, 15) is 9.59 Å². The molecule has 2 aromatic rings. The molecular weight excluding hydrogens is 308 g/mol. The van der Waals surface area contributed by atoms with Gasteiger partial charge in [-0.2, -0.15) is 5.10 Å². The van der Waals surface area contributed by atoms with Crippen LogP contribution in [0.15, 0.2) is 29.5 Å². The predicted molar refractivity (Wildman–Crippen MR) is 90.3 cm³/mol. The Morgan fingerprint density at radius 3 is 3.00 bits per heavy atom. The molecule has 0 aliphatic carbocycles. The molecule has 1 saturated heterocycles. The van der Waals surface area contributed by atoms with E-state index in [4.69, 9.17) is 0 Å². The molecule has 3 rings (SSSR count). The molecule has 0 radical (unpaired) electrons. The van der Waals surface area contributed by atoms with Crippen molar-refractivity contribution in [3.8, 4) is 0 Å². The summed E-state index contributed by atoms with van der Waals surface area (Å²) in [7, 11) is 1.59. The third-order valence-corrected chi connectivity index (χ3v) is 4.37. The molecule has 0 saturated carbocycles. The molecule has 1 aliphatic heterocycles. The Morgan fingerprint density at radius 1 is 1.42 bits per heavy atom. The van der Waals surface area contributed by atoms with Gasteiger partial charge >= 0.3 is 0 Å². The number of piperidine rings is 1. The zero-order valence-corrected chi connectivity index (χ0v) is 14.0. The maximum atomic E-state index is 12.5. The maximum absolute atomic E-state index is 12.5. The van der Waals surface area contributed by atoms with Crippen LogP contribution < -0.4 is 15.8 Å². The maximum Gasteiger partial charge on any atom is 0.293 e. The Labute approximate surface area is 140 Å². The smallest absolute Gasteiger partial charge is 0.293 e. The monoisotopic (exact) mass is 330 g/mol. The Balaban J connectivity index is 1.81. The van der Waals surface area contributed by atoms with Gasteiger partial charge in [0.2, 0.25) is 0 Å². The van der Waals surface area contributed by atoms with E-state index in [1.165, 1.54) is 0 Å². The largest absolute Gasteiger partial charge is 0.354 e. The lowest BCUT2D eigenvalue weighted by Gasteiger charge is -2.33. The SMILES string of the molecule is CCn1ccnc(N2CCC[C@@H](n3ccc(C(=O)NC)n3)C2)c1=O.